The maximum atomic E-state index is 13.7. The second-order valence-corrected chi connectivity index (χ2v) is 6.06. The summed E-state index contributed by atoms with van der Waals surface area (Å²) in [7, 11) is 1.71. The first-order valence-electron chi connectivity index (χ1n) is 7.30. The second kappa shape index (κ2) is 7.31. The Hall–Kier alpha value is -2.94. The smallest absolute Gasteiger partial charge is 0.274 e. The number of rotatable bonds is 5. The molecule has 0 spiro atoms. The van der Waals surface area contributed by atoms with E-state index in [4.69, 9.17) is 0 Å². The van der Waals surface area contributed by atoms with Gasteiger partial charge in [0.05, 0.1) is 11.3 Å². The normalized spacial score (nSPS) is 10.6. The first-order valence-corrected chi connectivity index (χ1v) is 8.29. The highest BCUT2D eigenvalue weighted by Crippen LogP contribution is 2.21. The molecule has 0 aliphatic carbocycles. The van der Waals surface area contributed by atoms with Crippen LogP contribution in [-0.2, 0) is 11.8 Å². The summed E-state index contributed by atoms with van der Waals surface area (Å²) in [5.41, 5.74) is 0.684. The number of nitrogens with one attached hydrogen (secondary N) is 2. The molecule has 0 fully saturated rings. The second-order valence-electron chi connectivity index (χ2n) is 5.12. The molecule has 2 N–H and O–H groups in total. The molecule has 0 radical (unpaired) electrons. The van der Waals surface area contributed by atoms with Gasteiger partial charge in [0.15, 0.2) is 5.82 Å². The number of carbonyl (C=O) groups excluding carboxylic acids is 2. The Labute approximate surface area is 146 Å². The molecule has 0 saturated heterocycles. The largest absolute Gasteiger partial charge is 0.347 e. The fraction of sp³-hybridized carbons (Fsp3) is 0.125. The van der Waals surface area contributed by atoms with E-state index < -0.39 is 17.6 Å². The molecule has 0 unspecified atom stereocenters. The van der Waals surface area contributed by atoms with Crippen LogP contribution in [-0.4, -0.2) is 37.3 Å². The van der Waals surface area contributed by atoms with Gasteiger partial charge >= 0.3 is 0 Å². The van der Waals surface area contributed by atoms with Gasteiger partial charge in [0.1, 0.15) is 11.5 Å². The average molecular weight is 359 g/mol. The third-order valence-corrected chi connectivity index (χ3v) is 4.20. The Bertz CT molecular complexity index is 921. The molecule has 0 atom stereocenters. The van der Waals surface area contributed by atoms with Crippen molar-refractivity contribution >= 4 is 23.6 Å². The zero-order chi connectivity index (χ0) is 17.8. The van der Waals surface area contributed by atoms with Crippen LogP contribution in [0.1, 0.15) is 10.5 Å². The van der Waals surface area contributed by atoms with Crippen molar-refractivity contribution in [1.82, 2.24) is 25.1 Å². The van der Waals surface area contributed by atoms with Crippen molar-refractivity contribution in [3.63, 3.8) is 0 Å². The van der Waals surface area contributed by atoms with E-state index in [0.717, 1.165) is 11.8 Å². The maximum absolute atomic E-state index is 13.7. The monoisotopic (exact) mass is 359 g/mol. The van der Waals surface area contributed by atoms with Gasteiger partial charge in [0, 0.05) is 13.2 Å². The fourth-order valence-electron chi connectivity index (χ4n) is 2.14. The summed E-state index contributed by atoms with van der Waals surface area (Å²) in [6.45, 7) is 0. The maximum Gasteiger partial charge on any atom is 0.274 e. The molecule has 2 amide bonds. The summed E-state index contributed by atoms with van der Waals surface area (Å²) < 4.78 is 15.3. The number of hydrogen-bond acceptors (Lipinski definition) is 5. The van der Waals surface area contributed by atoms with Crippen molar-refractivity contribution in [2.24, 2.45) is 7.05 Å². The summed E-state index contributed by atoms with van der Waals surface area (Å²) in [6, 6.07) is 9.51. The van der Waals surface area contributed by atoms with E-state index in [1.165, 1.54) is 6.07 Å². The van der Waals surface area contributed by atoms with Gasteiger partial charge in [-0.1, -0.05) is 23.9 Å². The van der Waals surface area contributed by atoms with Gasteiger partial charge < -0.3 is 4.57 Å². The molecule has 3 aromatic rings. The van der Waals surface area contributed by atoms with Gasteiger partial charge in [-0.3, -0.25) is 20.0 Å². The standard InChI is InChI=1S/C16H14FN5O2S/c1-22-8-4-7-12(22)15(24)18-13(23)9-25-16-19-14(20-21-16)10-5-2-3-6-11(10)17/h2-8H,9H2,1H3,(H,18,23,24)(H,19,20,21). The number of H-pyrrole nitrogens is 1. The van der Waals surface area contributed by atoms with Crippen LogP contribution in [0, 0.1) is 5.82 Å². The first kappa shape index (κ1) is 16.9. The molecule has 1 aromatic carbocycles. The summed E-state index contributed by atoms with van der Waals surface area (Å²) in [5.74, 6) is -1.11. The number of amides is 2. The number of imide groups is 1. The number of halogens is 1. The summed E-state index contributed by atoms with van der Waals surface area (Å²) in [4.78, 5) is 28.0. The van der Waals surface area contributed by atoms with Crippen molar-refractivity contribution in [3.8, 4) is 11.4 Å². The highest BCUT2D eigenvalue weighted by Gasteiger charge is 2.15. The molecular weight excluding hydrogens is 345 g/mol. The van der Waals surface area contributed by atoms with Gasteiger partial charge in [-0.2, -0.15) is 0 Å². The number of nitrogens with zero attached hydrogens (tertiary/aromatic N) is 3. The number of aromatic amines is 1. The van der Waals surface area contributed by atoms with E-state index in [0.29, 0.717) is 16.4 Å². The minimum Gasteiger partial charge on any atom is -0.347 e. The van der Waals surface area contributed by atoms with Gasteiger partial charge in [-0.25, -0.2) is 9.37 Å². The first-order chi connectivity index (χ1) is 12.0. The molecule has 0 bridgehead atoms. The SMILES string of the molecule is Cn1cccc1C(=O)NC(=O)CSc1n[nH]c(-c2ccccc2F)n1. The number of benzene rings is 1. The lowest BCUT2D eigenvalue weighted by atomic mass is 10.2. The van der Waals surface area contributed by atoms with Crippen molar-refractivity contribution in [2.45, 2.75) is 5.16 Å². The molecule has 3 rings (SSSR count). The average Bonchev–Trinajstić information content (AvgIpc) is 3.22. The van der Waals surface area contributed by atoms with E-state index in [9.17, 15) is 14.0 Å². The molecule has 0 aliphatic heterocycles. The number of thioether (sulfide) groups is 1. The highest BCUT2D eigenvalue weighted by atomic mass is 32.2. The van der Waals surface area contributed by atoms with E-state index in [1.54, 1.807) is 48.1 Å². The number of aromatic nitrogens is 4. The Morgan fingerprint density at radius 1 is 1.28 bits per heavy atom. The van der Waals surface area contributed by atoms with Gasteiger partial charge in [-0.15, -0.1) is 5.10 Å². The third kappa shape index (κ3) is 3.94. The van der Waals surface area contributed by atoms with Crippen molar-refractivity contribution in [1.29, 1.82) is 0 Å². The number of aryl methyl sites for hydroxylation is 1. The van der Waals surface area contributed by atoms with E-state index in [1.807, 2.05) is 0 Å². The van der Waals surface area contributed by atoms with Crippen LogP contribution >= 0.6 is 11.8 Å². The number of hydrogen-bond donors (Lipinski definition) is 2. The Morgan fingerprint density at radius 2 is 2.08 bits per heavy atom. The minimum absolute atomic E-state index is 0.0370. The number of carbonyl (C=O) groups is 2. The van der Waals surface area contributed by atoms with Crippen molar-refractivity contribution in [2.75, 3.05) is 5.75 Å². The molecule has 0 aliphatic rings. The van der Waals surface area contributed by atoms with E-state index >= 15 is 0 Å². The zero-order valence-corrected chi connectivity index (χ0v) is 14.0. The fourth-order valence-corrected chi connectivity index (χ4v) is 2.74. The van der Waals surface area contributed by atoms with Crippen LogP contribution in [0.25, 0.3) is 11.4 Å². The summed E-state index contributed by atoms with van der Waals surface area (Å²) in [5, 5.41) is 9.16. The molecule has 2 aromatic heterocycles. The van der Waals surface area contributed by atoms with Crippen LogP contribution < -0.4 is 5.32 Å². The zero-order valence-electron chi connectivity index (χ0n) is 13.2. The lowest BCUT2D eigenvalue weighted by Crippen LogP contribution is -2.32. The Morgan fingerprint density at radius 3 is 2.80 bits per heavy atom. The van der Waals surface area contributed by atoms with Crippen molar-refractivity contribution < 1.29 is 14.0 Å². The molecule has 128 valence electrons. The predicted octanol–water partition coefficient (Wildman–Crippen LogP) is 2.00. The van der Waals surface area contributed by atoms with Gasteiger partial charge in [-0.05, 0) is 24.3 Å². The topological polar surface area (TPSA) is 92.7 Å². The summed E-state index contributed by atoms with van der Waals surface area (Å²) in [6.07, 6.45) is 1.71. The molecule has 7 nitrogen and oxygen atoms in total. The molecular formula is C16H14FN5O2S. The lowest BCUT2D eigenvalue weighted by molar-refractivity contribution is -0.117. The van der Waals surface area contributed by atoms with E-state index in [-0.39, 0.29) is 11.6 Å². The van der Waals surface area contributed by atoms with Crippen LogP contribution in [0.4, 0.5) is 4.39 Å². The molecule has 25 heavy (non-hydrogen) atoms. The van der Waals surface area contributed by atoms with Crippen LogP contribution in [0.5, 0.6) is 0 Å². The summed E-state index contributed by atoms with van der Waals surface area (Å²) >= 11 is 1.05. The Balaban J connectivity index is 1.57. The predicted molar refractivity (Wildman–Crippen MR) is 90.4 cm³/mol. The third-order valence-electron chi connectivity index (χ3n) is 3.36. The lowest BCUT2D eigenvalue weighted by Gasteiger charge is -2.04. The quantitative estimate of drug-likeness (QED) is 0.680. The van der Waals surface area contributed by atoms with Gasteiger partial charge in [0.2, 0.25) is 11.1 Å². The van der Waals surface area contributed by atoms with Crippen LogP contribution in [0.15, 0.2) is 47.8 Å². The van der Waals surface area contributed by atoms with Crippen molar-refractivity contribution in [3.05, 3.63) is 54.1 Å². The van der Waals surface area contributed by atoms with E-state index in [2.05, 4.69) is 20.5 Å². The minimum atomic E-state index is -0.472. The molecule has 2 heterocycles. The van der Waals surface area contributed by atoms with Crippen LogP contribution in [0.2, 0.25) is 0 Å². The van der Waals surface area contributed by atoms with Crippen LogP contribution in [0.3, 0.4) is 0 Å². The Kier molecular flexibility index (Phi) is 4.94. The highest BCUT2D eigenvalue weighted by molar-refractivity contribution is 7.99. The molecule has 0 saturated carbocycles. The van der Waals surface area contributed by atoms with Gasteiger partial charge in [0.25, 0.3) is 5.91 Å². The molecule has 9 heteroatoms.